The molecule has 0 spiro atoms. The molecule has 3 N–H and O–H groups in total. The van der Waals surface area contributed by atoms with Crippen LogP contribution in [0.25, 0.3) is 10.9 Å². The smallest absolute Gasteiger partial charge is 0.253 e. The summed E-state index contributed by atoms with van der Waals surface area (Å²) in [6.45, 7) is 1.45. The highest BCUT2D eigenvalue weighted by Gasteiger charge is 2.23. The van der Waals surface area contributed by atoms with Gasteiger partial charge in [0.1, 0.15) is 11.4 Å². The Hall–Kier alpha value is -3.52. The quantitative estimate of drug-likeness (QED) is 0.414. The molecular formula is C23H19F2N3O3. The second-order valence-electron chi connectivity index (χ2n) is 7.68. The molecule has 0 radical (unpaired) electrons. The highest BCUT2D eigenvalue weighted by molar-refractivity contribution is 5.96. The number of benzene rings is 2. The third-order valence-electron chi connectivity index (χ3n) is 5.74. The van der Waals surface area contributed by atoms with Crippen molar-refractivity contribution in [2.75, 3.05) is 23.8 Å². The average molecular weight is 423 g/mol. The van der Waals surface area contributed by atoms with Crippen LogP contribution in [0.5, 0.6) is 0 Å². The number of aromatic nitrogens is 1. The summed E-state index contributed by atoms with van der Waals surface area (Å²) >= 11 is 0. The monoisotopic (exact) mass is 423 g/mol. The Labute approximate surface area is 175 Å². The van der Waals surface area contributed by atoms with Crippen LogP contribution < -0.4 is 21.5 Å². The van der Waals surface area contributed by atoms with Gasteiger partial charge in [0.25, 0.3) is 10.9 Å². The minimum Gasteiger partial charge on any atom is -0.381 e. The average Bonchev–Trinajstić information content (AvgIpc) is 3.18. The topological polar surface area (TPSA) is 83.2 Å². The SMILES string of the molecule is O=c1c(Nc2cccc(C3CCOCC3)c2)c(Nc2c[nH]c3cc(F)c(F)cc23)c1=O. The molecular weight excluding hydrogens is 404 g/mol. The van der Waals surface area contributed by atoms with E-state index in [4.69, 9.17) is 4.74 Å². The maximum atomic E-state index is 13.7. The summed E-state index contributed by atoms with van der Waals surface area (Å²) in [5.74, 6) is -1.58. The van der Waals surface area contributed by atoms with Gasteiger partial charge in [-0.05, 0) is 42.5 Å². The molecule has 158 valence electrons. The molecule has 1 aliphatic heterocycles. The zero-order chi connectivity index (χ0) is 21.5. The van der Waals surface area contributed by atoms with Crippen molar-refractivity contribution in [2.24, 2.45) is 0 Å². The van der Waals surface area contributed by atoms with Gasteiger partial charge in [-0.3, -0.25) is 9.59 Å². The van der Waals surface area contributed by atoms with Gasteiger partial charge in [-0.15, -0.1) is 0 Å². The van der Waals surface area contributed by atoms with Crippen LogP contribution in [0, 0.1) is 11.6 Å². The van der Waals surface area contributed by atoms with E-state index in [1.54, 1.807) is 0 Å². The van der Waals surface area contributed by atoms with Gasteiger partial charge in [0.15, 0.2) is 11.6 Å². The molecule has 0 amide bonds. The van der Waals surface area contributed by atoms with Gasteiger partial charge in [-0.25, -0.2) is 8.78 Å². The number of aromatic amines is 1. The predicted molar refractivity (Wildman–Crippen MR) is 115 cm³/mol. The number of H-pyrrole nitrogens is 1. The number of nitrogens with one attached hydrogen (secondary N) is 3. The van der Waals surface area contributed by atoms with Crippen molar-refractivity contribution in [3.63, 3.8) is 0 Å². The van der Waals surface area contributed by atoms with E-state index in [-0.39, 0.29) is 11.4 Å². The van der Waals surface area contributed by atoms with Crippen LogP contribution in [0.2, 0.25) is 0 Å². The molecule has 0 unspecified atom stereocenters. The second kappa shape index (κ2) is 7.63. The maximum absolute atomic E-state index is 13.7. The molecule has 0 atom stereocenters. The standard InChI is InChI=1S/C23H19F2N3O3/c24-16-9-15-18(10-17(16)25)26-11-19(15)28-21-20(22(29)23(21)30)27-14-3-1-2-13(8-14)12-4-6-31-7-5-12/h1-3,8-12,26-28H,4-7H2. The van der Waals surface area contributed by atoms with Gasteiger partial charge in [0.2, 0.25) is 0 Å². The molecule has 6 nitrogen and oxygen atoms in total. The second-order valence-corrected chi connectivity index (χ2v) is 7.68. The summed E-state index contributed by atoms with van der Waals surface area (Å²) < 4.78 is 32.5. The Morgan fingerprint density at radius 3 is 2.42 bits per heavy atom. The molecule has 0 bridgehead atoms. The van der Waals surface area contributed by atoms with Gasteiger partial charge in [0, 0.05) is 36.6 Å². The van der Waals surface area contributed by atoms with E-state index in [1.807, 2.05) is 24.3 Å². The van der Waals surface area contributed by atoms with Gasteiger partial charge < -0.3 is 20.4 Å². The zero-order valence-corrected chi connectivity index (χ0v) is 16.4. The van der Waals surface area contributed by atoms with Gasteiger partial charge in [-0.2, -0.15) is 0 Å². The number of hydrogen-bond donors (Lipinski definition) is 3. The summed E-state index contributed by atoms with van der Waals surface area (Å²) in [5, 5.41) is 6.30. The molecule has 31 heavy (non-hydrogen) atoms. The Morgan fingerprint density at radius 1 is 0.935 bits per heavy atom. The summed E-state index contributed by atoms with van der Waals surface area (Å²) in [5.41, 5.74) is 1.54. The number of halogens is 2. The van der Waals surface area contributed by atoms with Crippen LogP contribution in [0.3, 0.4) is 0 Å². The molecule has 1 aromatic heterocycles. The normalized spacial score (nSPS) is 14.9. The van der Waals surface area contributed by atoms with Gasteiger partial charge in [0.05, 0.1) is 11.2 Å². The minimum absolute atomic E-state index is 0.0899. The summed E-state index contributed by atoms with van der Waals surface area (Å²) in [6.07, 6.45) is 3.37. The number of anilines is 4. The molecule has 1 aliphatic rings. The van der Waals surface area contributed by atoms with Crippen molar-refractivity contribution < 1.29 is 13.5 Å². The molecule has 0 aliphatic carbocycles. The van der Waals surface area contributed by atoms with E-state index >= 15 is 0 Å². The van der Waals surface area contributed by atoms with Crippen LogP contribution in [-0.4, -0.2) is 18.2 Å². The van der Waals surface area contributed by atoms with Crippen LogP contribution in [-0.2, 0) is 4.74 Å². The van der Waals surface area contributed by atoms with Crippen LogP contribution in [0.15, 0.2) is 52.2 Å². The van der Waals surface area contributed by atoms with Gasteiger partial charge in [-0.1, -0.05) is 12.1 Å². The molecule has 4 aromatic rings. The lowest BCUT2D eigenvalue weighted by molar-refractivity contribution is 0.0853. The van der Waals surface area contributed by atoms with Crippen molar-refractivity contribution in [1.82, 2.24) is 4.98 Å². The van der Waals surface area contributed by atoms with Crippen LogP contribution >= 0.6 is 0 Å². The Kier molecular flexibility index (Phi) is 4.78. The van der Waals surface area contributed by atoms with Crippen LogP contribution in [0.1, 0.15) is 24.3 Å². The molecule has 5 rings (SSSR count). The molecule has 1 fully saturated rings. The maximum Gasteiger partial charge on any atom is 0.253 e. The first-order valence-corrected chi connectivity index (χ1v) is 10.0. The lowest BCUT2D eigenvalue weighted by atomic mass is 9.91. The third kappa shape index (κ3) is 3.48. The molecule has 3 aromatic carbocycles. The van der Waals surface area contributed by atoms with E-state index in [1.165, 1.54) is 6.20 Å². The highest BCUT2D eigenvalue weighted by Crippen LogP contribution is 2.32. The number of ether oxygens (including phenoxy) is 1. The fourth-order valence-electron chi connectivity index (χ4n) is 4.03. The molecule has 2 heterocycles. The zero-order valence-electron chi connectivity index (χ0n) is 16.4. The third-order valence-corrected chi connectivity index (χ3v) is 5.74. The first-order chi connectivity index (χ1) is 15.0. The van der Waals surface area contributed by atoms with Crippen molar-refractivity contribution in [3.05, 3.63) is 80.2 Å². The largest absolute Gasteiger partial charge is 0.381 e. The highest BCUT2D eigenvalue weighted by atomic mass is 19.2. The Bertz CT molecular complexity index is 1350. The number of rotatable bonds is 5. The van der Waals surface area contributed by atoms with E-state index in [0.29, 0.717) is 28.2 Å². The van der Waals surface area contributed by atoms with E-state index in [9.17, 15) is 18.4 Å². The summed E-state index contributed by atoms with van der Waals surface area (Å²) in [7, 11) is 0. The number of fused-ring (bicyclic) bond motifs is 1. The Balaban J connectivity index is 1.42. The van der Waals surface area contributed by atoms with Crippen molar-refractivity contribution in [3.8, 4) is 0 Å². The first-order valence-electron chi connectivity index (χ1n) is 10.0. The fraction of sp³-hybridized carbons (Fsp3) is 0.217. The Morgan fingerprint density at radius 2 is 1.65 bits per heavy atom. The molecule has 0 saturated carbocycles. The van der Waals surface area contributed by atoms with Crippen molar-refractivity contribution >= 4 is 33.7 Å². The summed E-state index contributed by atoms with van der Waals surface area (Å²) in [6, 6.07) is 9.83. The van der Waals surface area contributed by atoms with E-state index in [2.05, 4.69) is 15.6 Å². The van der Waals surface area contributed by atoms with Crippen LogP contribution in [0.4, 0.5) is 31.5 Å². The fourth-order valence-corrected chi connectivity index (χ4v) is 4.03. The van der Waals surface area contributed by atoms with Crippen molar-refractivity contribution in [1.29, 1.82) is 0 Å². The predicted octanol–water partition coefficient (Wildman–Crippen LogP) is 4.42. The van der Waals surface area contributed by atoms with E-state index in [0.717, 1.165) is 43.8 Å². The molecule has 8 heteroatoms. The lowest BCUT2D eigenvalue weighted by Gasteiger charge is -2.23. The number of hydrogen-bond acceptors (Lipinski definition) is 5. The van der Waals surface area contributed by atoms with E-state index < -0.39 is 22.5 Å². The summed E-state index contributed by atoms with van der Waals surface area (Å²) in [4.78, 5) is 27.2. The van der Waals surface area contributed by atoms with Gasteiger partial charge >= 0.3 is 0 Å². The molecule has 1 saturated heterocycles. The van der Waals surface area contributed by atoms with Crippen molar-refractivity contribution in [2.45, 2.75) is 18.8 Å². The lowest BCUT2D eigenvalue weighted by Crippen LogP contribution is -2.35. The first kappa shape index (κ1) is 19.4. The minimum atomic E-state index is -0.997.